The van der Waals surface area contributed by atoms with Gasteiger partial charge in [0.15, 0.2) is 11.6 Å². The Balaban J connectivity index is 1.13. The Bertz CT molecular complexity index is 1210. The van der Waals surface area contributed by atoms with E-state index in [4.69, 9.17) is 33.2 Å². The highest BCUT2D eigenvalue weighted by Gasteiger charge is 2.65. The smallest absolute Gasteiger partial charge is 0.308 e. The molecule has 6 fully saturated rings. The molecule has 6 aliphatic heterocycles. The van der Waals surface area contributed by atoms with E-state index in [1.807, 2.05) is 0 Å². The third-order valence-electron chi connectivity index (χ3n) is 14.4. The number of carboxylic acids is 1. The van der Waals surface area contributed by atoms with Crippen molar-refractivity contribution in [3.05, 3.63) is 0 Å². The van der Waals surface area contributed by atoms with E-state index in [0.717, 1.165) is 51.4 Å². The van der Waals surface area contributed by atoms with Gasteiger partial charge in [0, 0.05) is 37.7 Å². The first kappa shape index (κ1) is 38.9. The number of hydrogen-bond acceptors (Lipinski definition) is 9. The number of aliphatic carboxylic acids is 1. The van der Waals surface area contributed by atoms with E-state index in [1.54, 1.807) is 21.0 Å². The van der Waals surface area contributed by atoms with Gasteiger partial charge in [-0.05, 0) is 90.4 Å². The maximum absolute atomic E-state index is 11.8. The summed E-state index contributed by atoms with van der Waals surface area (Å²) < 4.78 is 47.2. The van der Waals surface area contributed by atoms with Crippen molar-refractivity contribution in [3.8, 4) is 0 Å². The van der Waals surface area contributed by atoms with Gasteiger partial charge in [0.05, 0.1) is 66.0 Å². The second kappa shape index (κ2) is 14.1. The van der Waals surface area contributed by atoms with E-state index in [1.165, 1.54) is 0 Å². The fraction of sp³-hybridized carbons (Fsp3) is 0.975. The number of aliphatic hydroxyl groups is 1. The molecule has 6 rings (SSSR count). The number of carboxylic acid groups (broad SMARTS) is 1. The van der Waals surface area contributed by atoms with Gasteiger partial charge < -0.3 is 43.4 Å². The third-order valence-corrected chi connectivity index (χ3v) is 14.4. The molecule has 0 bridgehead atoms. The van der Waals surface area contributed by atoms with Crippen LogP contribution in [0.2, 0.25) is 0 Å². The Morgan fingerprint density at radius 1 is 0.840 bits per heavy atom. The van der Waals surface area contributed by atoms with Gasteiger partial charge in [-0.3, -0.25) is 4.79 Å². The molecule has 0 aromatic carbocycles. The van der Waals surface area contributed by atoms with Gasteiger partial charge in [0.25, 0.3) is 0 Å². The van der Waals surface area contributed by atoms with Gasteiger partial charge >= 0.3 is 5.97 Å². The molecular weight excluding hydrogens is 640 g/mol. The predicted molar refractivity (Wildman–Crippen MR) is 187 cm³/mol. The molecule has 0 aromatic rings. The molecule has 6 aliphatic rings. The van der Waals surface area contributed by atoms with Crippen LogP contribution >= 0.6 is 0 Å². The summed E-state index contributed by atoms with van der Waals surface area (Å²) in [6.45, 7) is 21.0. The maximum Gasteiger partial charge on any atom is 0.308 e. The van der Waals surface area contributed by atoms with Crippen molar-refractivity contribution in [1.29, 1.82) is 0 Å². The van der Waals surface area contributed by atoms with Crippen molar-refractivity contribution in [3.63, 3.8) is 0 Å². The maximum atomic E-state index is 11.8. The van der Waals surface area contributed by atoms with Crippen molar-refractivity contribution in [2.24, 2.45) is 41.4 Å². The normalized spacial score (nSPS) is 55.0. The highest BCUT2D eigenvalue weighted by atomic mass is 16.7. The monoisotopic (exact) mass is 708 g/mol. The Morgan fingerprint density at radius 3 is 2.24 bits per heavy atom. The van der Waals surface area contributed by atoms with Crippen LogP contribution in [0.3, 0.4) is 0 Å². The summed E-state index contributed by atoms with van der Waals surface area (Å²) in [6.07, 6.45) is 6.64. The number of rotatable bonds is 8. The lowest BCUT2D eigenvalue weighted by atomic mass is 9.78. The lowest BCUT2D eigenvalue weighted by molar-refractivity contribution is -0.352. The zero-order valence-corrected chi connectivity index (χ0v) is 32.7. The Morgan fingerprint density at radius 2 is 1.56 bits per heavy atom. The minimum atomic E-state index is -1.15. The van der Waals surface area contributed by atoms with Crippen LogP contribution in [0.25, 0.3) is 0 Å². The Kier molecular flexibility index (Phi) is 11.0. The SMILES string of the molecule is CO[C@@H]1CC(CC2CC[C@H](C)C([C@@H](C)C(=O)O)O2)OC2(O[C@](C)(C3CC[C@@](C)(C4OC(C5O[C@](C)(O)[C@@H](C)C[C@@H]5C)C[C@@H]4C)O3)CC2C)[C@@H]1C. The van der Waals surface area contributed by atoms with Crippen LogP contribution < -0.4 is 0 Å². The zero-order chi connectivity index (χ0) is 36.6. The van der Waals surface area contributed by atoms with Gasteiger partial charge in [0.1, 0.15) is 0 Å². The molecule has 19 atom stereocenters. The summed E-state index contributed by atoms with van der Waals surface area (Å²) in [5.74, 6) is -2.36. The van der Waals surface area contributed by atoms with Crippen molar-refractivity contribution in [1.82, 2.24) is 0 Å². The molecule has 6 saturated heterocycles. The second-order valence-corrected chi connectivity index (χ2v) is 18.4. The molecule has 288 valence electrons. The van der Waals surface area contributed by atoms with Crippen LogP contribution in [0.15, 0.2) is 0 Å². The average Bonchev–Trinajstić information content (AvgIpc) is 3.72. The first-order chi connectivity index (χ1) is 23.3. The van der Waals surface area contributed by atoms with E-state index >= 15 is 0 Å². The predicted octanol–water partition coefficient (Wildman–Crippen LogP) is 6.73. The summed E-state index contributed by atoms with van der Waals surface area (Å²) in [5, 5.41) is 20.6. The third kappa shape index (κ3) is 6.96. The lowest BCUT2D eigenvalue weighted by Crippen LogP contribution is -2.58. The van der Waals surface area contributed by atoms with Crippen LogP contribution in [-0.4, -0.2) is 94.9 Å². The van der Waals surface area contributed by atoms with Crippen molar-refractivity contribution in [2.75, 3.05) is 7.11 Å². The van der Waals surface area contributed by atoms with Crippen LogP contribution in [0.4, 0.5) is 0 Å². The average molecular weight is 709 g/mol. The topological polar surface area (TPSA) is 122 Å². The van der Waals surface area contributed by atoms with Crippen LogP contribution in [0, 0.1) is 41.4 Å². The van der Waals surface area contributed by atoms with Gasteiger partial charge in [-0.25, -0.2) is 0 Å². The minimum Gasteiger partial charge on any atom is -0.481 e. The molecule has 0 radical (unpaired) electrons. The van der Waals surface area contributed by atoms with Crippen molar-refractivity contribution in [2.45, 2.75) is 199 Å². The number of carbonyl (C=O) groups is 1. The quantitative estimate of drug-likeness (QED) is 0.281. The molecule has 9 unspecified atom stereocenters. The highest BCUT2D eigenvalue weighted by Crippen LogP contribution is 2.57. The second-order valence-electron chi connectivity index (χ2n) is 18.4. The largest absolute Gasteiger partial charge is 0.481 e. The van der Waals surface area contributed by atoms with Crippen LogP contribution in [0.1, 0.15) is 127 Å². The Hall–Kier alpha value is -0.850. The summed E-state index contributed by atoms with van der Waals surface area (Å²) in [7, 11) is 1.78. The lowest BCUT2D eigenvalue weighted by Gasteiger charge is -2.50. The molecule has 10 nitrogen and oxygen atoms in total. The first-order valence-corrected chi connectivity index (χ1v) is 19.8. The number of hydrogen-bond donors (Lipinski definition) is 2. The van der Waals surface area contributed by atoms with Gasteiger partial charge in [-0.1, -0.05) is 41.5 Å². The molecule has 1 spiro atoms. The van der Waals surface area contributed by atoms with Gasteiger partial charge in [0.2, 0.25) is 0 Å². The molecule has 0 saturated carbocycles. The van der Waals surface area contributed by atoms with Gasteiger partial charge in [-0.15, -0.1) is 0 Å². The molecule has 0 aliphatic carbocycles. The molecule has 2 N–H and O–H groups in total. The number of methoxy groups -OCH3 is 1. The van der Waals surface area contributed by atoms with Crippen molar-refractivity contribution < 1.29 is 48.2 Å². The fourth-order valence-corrected chi connectivity index (χ4v) is 11.2. The van der Waals surface area contributed by atoms with E-state index < -0.39 is 34.7 Å². The zero-order valence-electron chi connectivity index (χ0n) is 32.7. The van der Waals surface area contributed by atoms with Crippen LogP contribution in [0.5, 0.6) is 0 Å². The molecular formula is C40H68O10. The summed E-state index contributed by atoms with van der Waals surface area (Å²) in [6, 6.07) is 0. The van der Waals surface area contributed by atoms with Gasteiger partial charge in [-0.2, -0.15) is 0 Å². The summed E-state index contributed by atoms with van der Waals surface area (Å²) in [5.41, 5.74) is -1.02. The highest BCUT2D eigenvalue weighted by molar-refractivity contribution is 5.70. The standard InChI is InChI=1S/C40H68O10/c1-21-12-13-28(45-33(21)26(6)36(41)42)18-29-19-30(44-11)27(7)40(47-29)25(5)20-38(9,50-40)32-14-15-37(8,48-32)35-23(3)17-31(46-35)34-22(2)16-24(4)39(10,43)49-34/h21-35,43H,12-20H2,1-11H3,(H,41,42)/t21-,22-,23-,24-,25?,26+,27+,28?,29?,30+,31?,32?,33?,34?,35?,37-,38-,39-,40?/m0/s1. The van der Waals surface area contributed by atoms with Crippen LogP contribution in [-0.2, 0) is 38.0 Å². The minimum absolute atomic E-state index is 0.0109. The molecule has 10 heteroatoms. The Labute approximate surface area is 300 Å². The van der Waals surface area contributed by atoms with Crippen molar-refractivity contribution >= 4 is 5.97 Å². The number of ether oxygens (including phenoxy) is 7. The first-order valence-electron chi connectivity index (χ1n) is 19.8. The van der Waals surface area contributed by atoms with E-state index in [0.29, 0.717) is 18.3 Å². The van der Waals surface area contributed by atoms with E-state index in [-0.39, 0.29) is 72.5 Å². The summed E-state index contributed by atoms with van der Waals surface area (Å²) >= 11 is 0. The summed E-state index contributed by atoms with van der Waals surface area (Å²) in [4.78, 5) is 11.8. The molecule has 0 aromatic heterocycles. The molecule has 0 amide bonds. The fourth-order valence-electron chi connectivity index (χ4n) is 11.2. The van der Waals surface area contributed by atoms with E-state index in [9.17, 15) is 15.0 Å². The molecule has 6 heterocycles. The molecule has 50 heavy (non-hydrogen) atoms. The van der Waals surface area contributed by atoms with E-state index in [2.05, 4.69) is 55.4 Å².